The quantitative estimate of drug-likeness (QED) is 0.331. The summed E-state index contributed by atoms with van der Waals surface area (Å²) in [4.78, 5) is 25.4. The molecular weight excluding hydrogens is 434 g/mol. The van der Waals surface area contributed by atoms with E-state index in [9.17, 15) is 9.59 Å². The summed E-state index contributed by atoms with van der Waals surface area (Å²) in [6, 6.07) is 26.7. The van der Waals surface area contributed by atoms with Crippen LogP contribution in [0, 0.1) is 0 Å². The van der Waals surface area contributed by atoms with Crippen LogP contribution in [0.5, 0.6) is 0 Å². The van der Waals surface area contributed by atoms with Crippen molar-refractivity contribution < 1.29 is 14.3 Å². The summed E-state index contributed by atoms with van der Waals surface area (Å²) in [5, 5.41) is 5.79. The molecule has 4 aromatic rings. The van der Waals surface area contributed by atoms with Crippen LogP contribution in [0.4, 0.5) is 5.69 Å². The molecule has 0 aromatic heterocycles. The van der Waals surface area contributed by atoms with E-state index in [1.807, 2.05) is 67.6 Å². The van der Waals surface area contributed by atoms with Crippen molar-refractivity contribution in [2.45, 2.75) is 19.3 Å². The van der Waals surface area contributed by atoms with E-state index in [-0.39, 0.29) is 11.8 Å². The highest BCUT2D eigenvalue weighted by Gasteiger charge is 2.20. The molecule has 5 heteroatoms. The number of amides is 1. The van der Waals surface area contributed by atoms with Gasteiger partial charge in [0, 0.05) is 17.1 Å². The summed E-state index contributed by atoms with van der Waals surface area (Å²) in [5.74, 6) is -0.874. The molecule has 0 radical (unpaired) electrons. The number of benzene rings is 4. The van der Waals surface area contributed by atoms with Gasteiger partial charge >= 0.3 is 5.97 Å². The van der Waals surface area contributed by atoms with Gasteiger partial charge in [0.05, 0.1) is 18.6 Å². The summed E-state index contributed by atoms with van der Waals surface area (Å²) in [6.45, 7) is 1.90. The van der Waals surface area contributed by atoms with Gasteiger partial charge in [-0.25, -0.2) is 4.79 Å². The van der Waals surface area contributed by atoms with Gasteiger partial charge in [0.15, 0.2) is 0 Å². The first-order valence-corrected chi connectivity index (χ1v) is 11.1. The first-order valence-electron chi connectivity index (χ1n) is 10.7. The van der Waals surface area contributed by atoms with Gasteiger partial charge in [0.2, 0.25) is 5.91 Å². The van der Waals surface area contributed by atoms with Crippen LogP contribution >= 0.6 is 11.6 Å². The number of methoxy groups -OCH3 is 1. The van der Waals surface area contributed by atoms with Gasteiger partial charge in [-0.15, -0.1) is 0 Å². The predicted molar refractivity (Wildman–Crippen MR) is 133 cm³/mol. The van der Waals surface area contributed by atoms with Crippen molar-refractivity contribution >= 4 is 39.9 Å². The van der Waals surface area contributed by atoms with Crippen molar-refractivity contribution in [1.82, 2.24) is 0 Å². The second kappa shape index (κ2) is 9.88. The third kappa shape index (κ3) is 4.91. The smallest absolute Gasteiger partial charge is 0.338 e. The van der Waals surface area contributed by atoms with E-state index >= 15 is 0 Å². The largest absolute Gasteiger partial charge is 0.465 e. The van der Waals surface area contributed by atoms with E-state index < -0.39 is 5.97 Å². The SMILES string of the molecule is COC(=O)c1ccccc1Cc1cc(Cl)ccc1NC(=O)C(C)c1cccc2ccccc12. The van der Waals surface area contributed by atoms with Crippen molar-refractivity contribution in [3.8, 4) is 0 Å². The molecule has 166 valence electrons. The van der Waals surface area contributed by atoms with E-state index in [0.29, 0.717) is 22.7 Å². The number of hydrogen-bond acceptors (Lipinski definition) is 3. The van der Waals surface area contributed by atoms with Gasteiger partial charge in [-0.2, -0.15) is 0 Å². The average Bonchev–Trinajstić information content (AvgIpc) is 2.84. The first kappa shape index (κ1) is 22.6. The minimum Gasteiger partial charge on any atom is -0.465 e. The van der Waals surface area contributed by atoms with E-state index in [0.717, 1.165) is 27.5 Å². The molecule has 1 unspecified atom stereocenters. The molecule has 0 saturated heterocycles. The second-order valence-electron chi connectivity index (χ2n) is 7.91. The molecule has 0 aliphatic heterocycles. The van der Waals surface area contributed by atoms with Crippen molar-refractivity contribution in [3.05, 3.63) is 112 Å². The zero-order valence-corrected chi connectivity index (χ0v) is 19.2. The van der Waals surface area contributed by atoms with Crippen LogP contribution in [0.1, 0.15) is 39.9 Å². The fourth-order valence-corrected chi connectivity index (χ4v) is 4.22. The van der Waals surface area contributed by atoms with Gasteiger partial charge in [-0.05, 0) is 58.7 Å². The highest BCUT2D eigenvalue weighted by Crippen LogP contribution is 2.29. The van der Waals surface area contributed by atoms with Gasteiger partial charge in [-0.3, -0.25) is 4.79 Å². The molecule has 1 N–H and O–H groups in total. The zero-order valence-electron chi connectivity index (χ0n) is 18.5. The highest BCUT2D eigenvalue weighted by molar-refractivity contribution is 6.30. The summed E-state index contributed by atoms with van der Waals surface area (Å²) >= 11 is 6.27. The van der Waals surface area contributed by atoms with Crippen LogP contribution in [0.2, 0.25) is 5.02 Å². The lowest BCUT2D eigenvalue weighted by atomic mass is 9.93. The van der Waals surface area contributed by atoms with Crippen LogP contribution in [0.25, 0.3) is 10.8 Å². The third-order valence-corrected chi connectivity index (χ3v) is 6.05. The van der Waals surface area contributed by atoms with Crippen LogP contribution in [-0.2, 0) is 16.0 Å². The van der Waals surface area contributed by atoms with Gasteiger partial charge in [0.25, 0.3) is 0 Å². The molecule has 0 saturated carbocycles. The minimum absolute atomic E-state index is 0.115. The number of ether oxygens (including phenoxy) is 1. The Morgan fingerprint density at radius 3 is 2.45 bits per heavy atom. The lowest BCUT2D eigenvalue weighted by Crippen LogP contribution is -2.20. The molecule has 1 amide bonds. The molecule has 0 fully saturated rings. The molecule has 33 heavy (non-hydrogen) atoms. The average molecular weight is 458 g/mol. The summed E-state index contributed by atoms with van der Waals surface area (Å²) in [7, 11) is 1.36. The molecule has 0 aliphatic carbocycles. The fourth-order valence-electron chi connectivity index (χ4n) is 4.03. The Bertz CT molecular complexity index is 1330. The lowest BCUT2D eigenvalue weighted by Gasteiger charge is -2.18. The Balaban J connectivity index is 1.63. The molecule has 0 aliphatic rings. The first-order chi connectivity index (χ1) is 16.0. The molecule has 1 atom stereocenters. The Morgan fingerprint density at radius 2 is 1.64 bits per heavy atom. The third-order valence-electron chi connectivity index (χ3n) is 5.81. The number of carbonyl (C=O) groups excluding carboxylic acids is 2. The maximum atomic E-state index is 13.2. The predicted octanol–water partition coefficient (Wildman–Crippen LogP) is 6.61. The number of anilines is 1. The normalized spacial score (nSPS) is 11.7. The molecule has 4 aromatic carbocycles. The number of nitrogens with one attached hydrogen (secondary N) is 1. The van der Waals surface area contributed by atoms with E-state index in [1.165, 1.54) is 7.11 Å². The minimum atomic E-state index is -0.400. The number of fused-ring (bicyclic) bond motifs is 1. The van der Waals surface area contributed by atoms with E-state index in [1.54, 1.807) is 24.3 Å². The zero-order chi connectivity index (χ0) is 23.4. The molecular formula is C28H24ClNO3. The summed E-state index contributed by atoms with van der Waals surface area (Å²) < 4.78 is 4.91. The molecule has 0 heterocycles. The standard InChI is InChI=1S/C28H24ClNO3/c1-18(23-13-7-10-19-8-3-5-11-24(19)23)27(31)30-26-15-14-22(29)17-21(26)16-20-9-4-6-12-25(20)28(32)33-2/h3-15,17-18H,16H2,1-2H3,(H,30,31). The van der Waals surface area contributed by atoms with Crippen molar-refractivity contribution in [3.63, 3.8) is 0 Å². The monoisotopic (exact) mass is 457 g/mol. The van der Waals surface area contributed by atoms with Gasteiger partial charge < -0.3 is 10.1 Å². The van der Waals surface area contributed by atoms with Crippen LogP contribution in [0.15, 0.2) is 84.9 Å². The number of rotatable bonds is 6. The molecule has 4 nitrogen and oxygen atoms in total. The summed E-state index contributed by atoms with van der Waals surface area (Å²) in [6.07, 6.45) is 0.421. The molecule has 4 rings (SSSR count). The number of esters is 1. The Hall–Kier alpha value is -3.63. The maximum absolute atomic E-state index is 13.2. The maximum Gasteiger partial charge on any atom is 0.338 e. The van der Waals surface area contributed by atoms with Crippen LogP contribution in [-0.4, -0.2) is 19.0 Å². The van der Waals surface area contributed by atoms with Crippen molar-refractivity contribution in [1.29, 1.82) is 0 Å². The van der Waals surface area contributed by atoms with Crippen LogP contribution in [0.3, 0.4) is 0 Å². The lowest BCUT2D eigenvalue weighted by molar-refractivity contribution is -0.117. The second-order valence-corrected chi connectivity index (χ2v) is 8.34. The number of hydrogen-bond donors (Lipinski definition) is 1. The van der Waals surface area contributed by atoms with E-state index in [2.05, 4.69) is 5.32 Å². The van der Waals surface area contributed by atoms with Gasteiger partial charge in [0.1, 0.15) is 0 Å². The Kier molecular flexibility index (Phi) is 6.76. The van der Waals surface area contributed by atoms with Crippen molar-refractivity contribution in [2.75, 3.05) is 12.4 Å². The van der Waals surface area contributed by atoms with Gasteiger partial charge in [-0.1, -0.05) is 72.3 Å². The number of carbonyl (C=O) groups is 2. The topological polar surface area (TPSA) is 55.4 Å². The number of halogens is 1. The summed E-state index contributed by atoms with van der Waals surface area (Å²) in [5.41, 5.74) is 3.73. The van der Waals surface area contributed by atoms with E-state index in [4.69, 9.17) is 16.3 Å². The molecule has 0 bridgehead atoms. The Labute approximate surface area is 198 Å². The molecule has 0 spiro atoms. The van der Waals surface area contributed by atoms with Crippen LogP contribution < -0.4 is 5.32 Å². The highest BCUT2D eigenvalue weighted by atomic mass is 35.5. The van der Waals surface area contributed by atoms with Crippen molar-refractivity contribution in [2.24, 2.45) is 0 Å². The Morgan fingerprint density at radius 1 is 0.909 bits per heavy atom. The fraction of sp³-hybridized carbons (Fsp3) is 0.143.